The Bertz CT molecular complexity index is 430. The van der Waals surface area contributed by atoms with E-state index < -0.39 is 0 Å². The number of hydrogen-bond donors (Lipinski definition) is 1. The highest BCUT2D eigenvalue weighted by molar-refractivity contribution is 7.09. The summed E-state index contributed by atoms with van der Waals surface area (Å²) < 4.78 is 3.79. The fraction of sp³-hybridized carbons (Fsp3) is 0.200. The predicted octanol–water partition coefficient (Wildman–Crippen LogP) is 3.36. The fourth-order valence-corrected chi connectivity index (χ4v) is 2.01. The predicted molar refractivity (Wildman–Crippen MR) is 63.4 cm³/mol. The van der Waals surface area contributed by atoms with Gasteiger partial charge in [-0.2, -0.15) is 0 Å². The number of halogens is 1. The molecule has 2 rings (SSSR count). The summed E-state index contributed by atoms with van der Waals surface area (Å²) in [6.45, 7) is 2.07. The van der Waals surface area contributed by atoms with Crippen LogP contribution < -0.4 is 5.32 Å². The highest BCUT2D eigenvalue weighted by Crippen LogP contribution is 2.22. The van der Waals surface area contributed by atoms with Crippen molar-refractivity contribution in [1.82, 2.24) is 9.59 Å². The molecular formula is C10H10ClN3S. The number of nitrogens with zero attached hydrogens (tertiary/aromatic N) is 2. The fourth-order valence-electron chi connectivity index (χ4n) is 1.30. The van der Waals surface area contributed by atoms with Crippen LogP contribution in [0.4, 0.5) is 5.00 Å². The molecule has 1 atom stereocenters. The van der Waals surface area contributed by atoms with Gasteiger partial charge in [0.1, 0.15) is 5.00 Å². The third kappa shape index (κ3) is 2.67. The second-order valence-corrected chi connectivity index (χ2v) is 4.42. The summed E-state index contributed by atoms with van der Waals surface area (Å²) in [6, 6.07) is 8.00. The summed E-state index contributed by atoms with van der Waals surface area (Å²) in [4.78, 5) is 0. The van der Waals surface area contributed by atoms with E-state index in [1.165, 1.54) is 11.5 Å². The van der Waals surface area contributed by atoms with Crippen LogP contribution in [0.25, 0.3) is 0 Å². The van der Waals surface area contributed by atoms with Crippen LogP contribution in [0.5, 0.6) is 0 Å². The number of benzene rings is 1. The van der Waals surface area contributed by atoms with Crippen molar-refractivity contribution in [2.45, 2.75) is 13.0 Å². The summed E-state index contributed by atoms with van der Waals surface area (Å²) in [5.74, 6) is 0. The minimum Gasteiger partial charge on any atom is -0.368 e. The Hall–Kier alpha value is -1.13. The molecule has 1 N–H and O–H groups in total. The van der Waals surface area contributed by atoms with Gasteiger partial charge in [-0.05, 0) is 24.6 Å². The van der Waals surface area contributed by atoms with E-state index in [1.54, 1.807) is 6.20 Å². The molecule has 0 aliphatic carbocycles. The first-order chi connectivity index (χ1) is 7.25. The summed E-state index contributed by atoms with van der Waals surface area (Å²) in [5, 5.41) is 8.78. The monoisotopic (exact) mass is 239 g/mol. The van der Waals surface area contributed by atoms with Crippen molar-refractivity contribution in [2.24, 2.45) is 0 Å². The van der Waals surface area contributed by atoms with Gasteiger partial charge in [0, 0.05) is 22.6 Å². The van der Waals surface area contributed by atoms with Gasteiger partial charge in [-0.15, -0.1) is 5.10 Å². The molecule has 1 aromatic heterocycles. The van der Waals surface area contributed by atoms with E-state index in [0.29, 0.717) is 0 Å². The smallest absolute Gasteiger partial charge is 0.130 e. The van der Waals surface area contributed by atoms with E-state index in [4.69, 9.17) is 11.6 Å². The molecule has 0 saturated heterocycles. The summed E-state index contributed by atoms with van der Waals surface area (Å²) in [7, 11) is 0. The number of hydrogen-bond acceptors (Lipinski definition) is 4. The highest BCUT2D eigenvalue weighted by atomic mass is 35.5. The number of rotatable bonds is 3. The SMILES string of the molecule is CC(Nc1cnns1)c1cccc(Cl)c1. The van der Waals surface area contributed by atoms with Gasteiger partial charge in [-0.1, -0.05) is 28.2 Å². The van der Waals surface area contributed by atoms with E-state index in [2.05, 4.69) is 21.8 Å². The number of anilines is 1. The second kappa shape index (κ2) is 4.59. The van der Waals surface area contributed by atoms with Crippen LogP contribution in [0.3, 0.4) is 0 Å². The van der Waals surface area contributed by atoms with Crippen molar-refractivity contribution in [3.05, 3.63) is 41.0 Å². The average molecular weight is 240 g/mol. The van der Waals surface area contributed by atoms with Crippen molar-refractivity contribution in [3.63, 3.8) is 0 Å². The normalized spacial score (nSPS) is 12.4. The van der Waals surface area contributed by atoms with Crippen LogP contribution in [-0.4, -0.2) is 9.59 Å². The quantitative estimate of drug-likeness (QED) is 0.893. The molecule has 2 aromatic rings. The Labute approximate surface area is 97.3 Å². The molecule has 3 nitrogen and oxygen atoms in total. The first-order valence-corrected chi connectivity index (χ1v) is 5.70. The van der Waals surface area contributed by atoms with Gasteiger partial charge in [-0.3, -0.25) is 0 Å². The number of nitrogens with one attached hydrogen (secondary N) is 1. The van der Waals surface area contributed by atoms with Gasteiger partial charge >= 0.3 is 0 Å². The molecule has 0 amide bonds. The topological polar surface area (TPSA) is 37.8 Å². The molecule has 0 spiro atoms. The Balaban J connectivity index is 2.11. The zero-order valence-electron chi connectivity index (χ0n) is 8.14. The van der Waals surface area contributed by atoms with Gasteiger partial charge in [0.2, 0.25) is 0 Å². The molecule has 0 bridgehead atoms. The highest BCUT2D eigenvalue weighted by Gasteiger charge is 2.06. The van der Waals surface area contributed by atoms with Crippen LogP contribution in [0.1, 0.15) is 18.5 Å². The van der Waals surface area contributed by atoms with Crippen molar-refractivity contribution < 1.29 is 0 Å². The summed E-state index contributed by atoms with van der Waals surface area (Å²) in [6.07, 6.45) is 1.71. The minimum absolute atomic E-state index is 0.200. The molecular weight excluding hydrogens is 230 g/mol. The lowest BCUT2D eigenvalue weighted by atomic mass is 10.1. The Morgan fingerprint density at radius 1 is 1.47 bits per heavy atom. The van der Waals surface area contributed by atoms with E-state index in [1.807, 2.05) is 24.3 Å². The average Bonchev–Trinajstić information content (AvgIpc) is 2.70. The molecule has 0 radical (unpaired) electrons. The lowest BCUT2D eigenvalue weighted by molar-refractivity contribution is 0.888. The minimum atomic E-state index is 0.200. The second-order valence-electron chi connectivity index (χ2n) is 3.20. The largest absolute Gasteiger partial charge is 0.368 e. The first kappa shape index (κ1) is 10.4. The van der Waals surface area contributed by atoms with Crippen molar-refractivity contribution >= 4 is 28.1 Å². The molecule has 0 aliphatic rings. The number of aromatic nitrogens is 2. The maximum absolute atomic E-state index is 5.92. The zero-order chi connectivity index (χ0) is 10.7. The molecule has 0 aliphatic heterocycles. The van der Waals surface area contributed by atoms with Gasteiger partial charge in [0.05, 0.1) is 6.20 Å². The van der Waals surface area contributed by atoms with E-state index in [9.17, 15) is 0 Å². The van der Waals surface area contributed by atoms with Gasteiger partial charge in [0.15, 0.2) is 0 Å². The van der Waals surface area contributed by atoms with Gasteiger partial charge < -0.3 is 5.32 Å². The molecule has 0 saturated carbocycles. The van der Waals surface area contributed by atoms with Crippen LogP contribution in [0.15, 0.2) is 30.5 Å². The van der Waals surface area contributed by atoms with Crippen LogP contribution in [0, 0.1) is 0 Å². The first-order valence-electron chi connectivity index (χ1n) is 4.55. The lowest BCUT2D eigenvalue weighted by Crippen LogP contribution is -2.04. The van der Waals surface area contributed by atoms with Crippen LogP contribution >= 0.6 is 23.1 Å². The van der Waals surface area contributed by atoms with Crippen LogP contribution in [0.2, 0.25) is 5.02 Å². The van der Waals surface area contributed by atoms with Gasteiger partial charge in [-0.25, -0.2) is 0 Å². The Kier molecular flexibility index (Phi) is 3.18. The Morgan fingerprint density at radius 2 is 2.33 bits per heavy atom. The molecule has 78 valence electrons. The molecule has 15 heavy (non-hydrogen) atoms. The maximum atomic E-state index is 5.92. The lowest BCUT2D eigenvalue weighted by Gasteiger charge is -2.13. The van der Waals surface area contributed by atoms with Crippen molar-refractivity contribution in [3.8, 4) is 0 Å². The summed E-state index contributed by atoms with van der Waals surface area (Å²) in [5.41, 5.74) is 1.15. The van der Waals surface area contributed by atoms with E-state index >= 15 is 0 Å². The summed E-state index contributed by atoms with van der Waals surface area (Å²) >= 11 is 7.27. The third-order valence-electron chi connectivity index (χ3n) is 2.07. The van der Waals surface area contributed by atoms with Crippen LogP contribution in [-0.2, 0) is 0 Å². The molecule has 0 fully saturated rings. The van der Waals surface area contributed by atoms with Crippen molar-refractivity contribution in [1.29, 1.82) is 0 Å². The molecule has 5 heteroatoms. The maximum Gasteiger partial charge on any atom is 0.130 e. The standard InChI is InChI=1S/C10H10ClN3S/c1-7(13-10-6-12-14-15-10)8-3-2-4-9(11)5-8/h2-7,13H,1H3. The van der Waals surface area contributed by atoms with Crippen molar-refractivity contribution in [2.75, 3.05) is 5.32 Å². The Morgan fingerprint density at radius 3 is 3.00 bits per heavy atom. The zero-order valence-corrected chi connectivity index (χ0v) is 9.72. The third-order valence-corrected chi connectivity index (χ3v) is 2.90. The molecule has 1 unspecified atom stereocenters. The molecule has 1 heterocycles. The van der Waals surface area contributed by atoms with E-state index in [0.717, 1.165) is 15.6 Å². The van der Waals surface area contributed by atoms with E-state index in [-0.39, 0.29) is 6.04 Å². The molecule has 1 aromatic carbocycles. The van der Waals surface area contributed by atoms with Gasteiger partial charge in [0.25, 0.3) is 0 Å².